The van der Waals surface area contributed by atoms with E-state index in [1.165, 1.54) is 0 Å². The van der Waals surface area contributed by atoms with Crippen molar-refractivity contribution in [2.75, 3.05) is 17.6 Å². The second kappa shape index (κ2) is 5.28. The summed E-state index contributed by atoms with van der Waals surface area (Å²) in [6, 6.07) is 0. The van der Waals surface area contributed by atoms with Crippen LogP contribution in [0.15, 0.2) is 0 Å². The van der Waals surface area contributed by atoms with E-state index in [2.05, 4.69) is 24.3 Å². The summed E-state index contributed by atoms with van der Waals surface area (Å²) in [6.07, 6.45) is 3.80. The van der Waals surface area contributed by atoms with Gasteiger partial charge in [0.05, 0.1) is 17.0 Å². The standard InChI is InChI=1S/C15H28N4O/c1-5-19-13(12(16)11(2)18-19)17-10-15(20)8-6-14(3,4)7-9-15/h17,20H,5-10,16H2,1-4H3. The predicted octanol–water partition coefficient (Wildman–Crippen LogP) is 2.54. The van der Waals surface area contributed by atoms with Crippen LogP contribution in [0.4, 0.5) is 11.5 Å². The van der Waals surface area contributed by atoms with Gasteiger partial charge in [0.1, 0.15) is 5.82 Å². The van der Waals surface area contributed by atoms with E-state index in [-0.39, 0.29) is 0 Å². The van der Waals surface area contributed by atoms with Crippen LogP contribution in [0.25, 0.3) is 0 Å². The molecule has 20 heavy (non-hydrogen) atoms. The Morgan fingerprint density at radius 1 is 1.30 bits per heavy atom. The van der Waals surface area contributed by atoms with Gasteiger partial charge in [-0.25, -0.2) is 4.68 Å². The first-order chi connectivity index (χ1) is 9.26. The maximum Gasteiger partial charge on any atom is 0.148 e. The SMILES string of the molecule is CCn1nc(C)c(N)c1NCC1(O)CCC(C)(C)CC1. The van der Waals surface area contributed by atoms with Crippen LogP contribution in [0.5, 0.6) is 0 Å². The Kier molecular flexibility index (Phi) is 4.00. The molecule has 5 nitrogen and oxygen atoms in total. The normalized spacial score (nSPS) is 20.9. The average Bonchev–Trinajstić information content (AvgIpc) is 2.67. The van der Waals surface area contributed by atoms with Crippen LogP contribution in [0.1, 0.15) is 52.1 Å². The van der Waals surface area contributed by atoms with E-state index in [1.807, 2.05) is 18.5 Å². The number of aromatic nitrogens is 2. The summed E-state index contributed by atoms with van der Waals surface area (Å²) in [4.78, 5) is 0. The van der Waals surface area contributed by atoms with Crippen LogP contribution in [0.3, 0.4) is 0 Å². The Morgan fingerprint density at radius 3 is 2.45 bits per heavy atom. The summed E-state index contributed by atoms with van der Waals surface area (Å²) in [7, 11) is 0. The highest BCUT2D eigenvalue weighted by molar-refractivity contribution is 5.64. The van der Waals surface area contributed by atoms with Crippen LogP contribution in [-0.2, 0) is 6.54 Å². The van der Waals surface area contributed by atoms with Gasteiger partial charge in [0.15, 0.2) is 0 Å². The van der Waals surface area contributed by atoms with Crippen molar-refractivity contribution in [2.24, 2.45) is 5.41 Å². The van der Waals surface area contributed by atoms with E-state index in [0.717, 1.165) is 43.7 Å². The number of nitrogens with two attached hydrogens (primary N) is 1. The molecule has 1 heterocycles. The number of aliphatic hydroxyl groups is 1. The first kappa shape index (κ1) is 15.2. The van der Waals surface area contributed by atoms with Crippen molar-refractivity contribution < 1.29 is 5.11 Å². The number of anilines is 2. The third-order valence-electron chi connectivity index (χ3n) is 4.59. The summed E-state index contributed by atoms with van der Waals surface area (Å²) in [6.45, 7) is 9.80. The molecule has 0 spiro atoms. The molecule has 114 valence electrons. The molecule has 1 saturated carbocycles. The third-order valence-corrected chi connectivity index (χ3v) is 4.59. The smallest absolute Gasteiger partial charge is 0.148 e. The molecule has 0 radical (unpaired) electrons. The van der Waals surface area contributed by atoms with Crippen LogP contribution < -0.4 is 11.1 Å². The summed E-state index contributed by atoms with van der Waals surface area (Å²) in [5.41, 5.74) is 7.31. The molecule has 2 rings (SSSR count). The zero-order chi connectivity index (χ0) is 15.0. The molecular weight excluding hydrogens is 252 g/mol. The number of nitrogens with zero attached hydrogens (tertiary/aromatic N) is 2. The lowest BCUT2D eigenvalue weighted by atomic mass is 9.71. The van der Waals surface area contributed by atoms with Gasteiger partial charge in [0.2, 0.25) is 0 Å². The Bertz CT molecular complexity index is 468. The van der Waals surface area contributed by atoms with Gasteiger partial charge in [-0.3, -0.25) is 0 Å². The highest BCUT2D eigenvalue weighted by Crippen LogP contribution is 2.40. The molecule has 1 fully saturated rings. The monoisotopic (exact) mass is 280 g/mol. The number of aryl methyl sites for hydroxylation is 2. The average molecular weight is 280 g/mol. The van der Waals surface area contributed by atoms with Crippen LogP contribution in [0.2, 0.25) is 0 Å². The molecule has 0 atom stereocenters. The zero-order valence-electron chi connectivity index (χ0n) is 13.2. The Balaban J connectivity index is 2.02. The van der Waals surface area contributed by atoms with Gasteiger partial charge < -0.3 is 16.2 Å². The molecule has 1 aliphatic rings. The first-order valence-corrected chi connectivity index (χ1v) is 7.55. The number of nitrogens with one attached hydrogen (secondary N) is 1. The van der Waals surface area contributed by atoms with E-state index in [1.54, 1.807) is 0 Å². The Hall–Kier alpha value is -1.23. The van der Waals surface area contributed by atoms with Crippen molar-refractivity contribution in [3.8, 4) is 0 Å². The van der Waals surface area contributed by atoms with Gasteiger partial charge >= 0.3 is 0 Å². The maximum atomic E-state index is 10.7. The minimum absolute atomic E-state index is 0.354. The van der Waals surface area contributed by atoms with E-state index in [0.29, 0.717) is 17.6 Å². The Labute approximate surface area is 121 Å². The number of hydrogen-bond acceptors (Lipinski definition) is 4. The molecular formula is C15H28N4O. The molecule has 0 amide bonds. The van der Waals surface area contributed by atoms with E-state index in [9.17, 15) is 5.11 Å². The number of rotatable bonds is 4. The van der Waals surface area contributed by atoms with Gasteiger partial charge in [0.25, 0.3) is 0 Å². The minimum atomic E-state index is -0.626. The fourth-order valence-electron chi connectivity index (χ4n) is 2.83. The van der Waals surface area contributed by atoms with Gasteiger partial charge in [-0.05, 0) is 44.9 Å². The van der Waals surface area contributed by atoms with Crippen molar-refractivity contribution in [3.05, 3.63) is 5.69 Å². The van der Waals surface area contributed by atoms with Crippen molar-refractivity contribution in [2.45, 2.75) is 65.5 Å². The topological polar surface area (TPSA) is 76.1 Å². The van der Waals surface area contributed by atoms with Gasteiger partial charge in [0, 0.05) is 13.1 Å². The lowest BCUT2D eigenvalue weighted by molar-refractivity contribution is -0.0146. The molecule has 4 N–H and O–H groups in total. The molecule has 0 aromatic carbocycles. The lowest BCUT2D eigenvalue weighted by Crippen LogP contribution is -2.42. The molecule has 0 aliphatic heterocycles. The summed E-state index contributed by atoms with van der Waals surface area (Å²) in [5, 5.41) is 18.4. The largest absolute Gasteiger partial charge is 0.394 e. The summed E-state index contributed by atoms with van der Waals surface area (Å²) in [5.74, 6) is 0.836. The highest BCUT2D eigenvalue weighted by Gasteiger charge is 2.36. The van der Waals surface area contributed by atoms with E-state index < -0.39 is 5.60 Å². The lowest BCUT2D eigenvalue weighted by Gasteiger charge is -2.40. The quantitative estimate of drug-likeness (QED) is 0.792. The molecule has 1 aromatic rings. The molecule has 0 unspecified atom stereocenters. The zero-order valence-corrected chi connectivity index (χ0v) is 13.2. The van der Waals surface area contributed by atoms with Crippen LogP contribution in [0, 0.1) is 12.3 Å². The molecule has 0 bridgehead atoms. The fourth-order valence-corrected chi connectivity index (χ4v) is 2.83. The Morgan fingerprint density at radius 2 is 1.90 bits per heavy atom. The summed E-state index contributed by atoms with van der Waals surface area (Å²) >= 11 is 0. The second-order valence-corrected chi connectivity index (χ2v) is 6.91. The fraction of sp³-hybridized carbons (Fsp3) is 0.800. The van der Waals surface area contributed by atoms with Gasteiger partial charge in [-0.15, -0.1) is 0 Å². The molecule has 0 saturated heterocycles. The van der Waals surface area contributed by atoms with Crippen LogP contribution in [-0.4, -0.2) is 27.0 Å². The van der Waals surface area contributed by atoms with E-state index >= 15 is 0 Å². The van der Waals surface area contributed by atoms with Crippen molar-refractivity contribution in [1.82, 2.24) is 9.78 Å². The van der Waals surface area contributed by atoms with Crippen molar-refractivity contribution in [1.29, 1.82) is 0 Å². The molecule has 1 aliphatic carbocycles. The third kappa shape index (κ3) is 3.08. The van der Waals surface area contributed by atoms with Gasteiger partial charge in [-0.1, -0.05) is 13.8 Å². The maximum absolute atomic E-state index is 10.7. The highest BCUT2D eigenvalue weighted by atomic mass is 16.3. The molecule has 5 heteroatoms. The summed E-state index contributed by atoms with van der Waals surface area (Å²) < 4.78 is 1.86. The number of nitrogen functional groups attached to an aromatic ring is 1. The van der Waals surface area contributed by atoms with Crippen LogP contribution >= 0.6 is 0 Å². The van der Waals surface area contributed by atoms with Crippen molar-refractivity contribution >= 4 is 11.5 Å². The second-order valence-electron chi connectivity index (χ2n) is 6.91. The van der Waals surface area contributed by atoms with Crippen molar-refractivity contribution in [3.63, 3.8) is 0 Å². The molecule has 1 aromatic heterocycles. The predicted molar refractivity (Wildman–Crippen MR) is 82.7 cm³/mol. The minimum Gasteiger partial charge on any atom is -0.394 e. The first-order valence-electron chi connectivity index (χ1n) is 7.55. The van der Waals surface area contributed by atoms with Gasteiger partial charge in [-0.2, -0.15) is 5.10 Å². The number of hydrogen-bond donors (Lipinski definition) is 3. The van der Waals surface area contributed by atoms with E-state index in [4.69, 9.17) is 5.73 Å².